The maximum Gasteiger partial charge on any atom is 0.206 e. The summed E-state index contributed by atoms with van der Waals surface area (Å²) in [6.45, 7) is 0.0935. The number of carbonyl (C=O) groups is 1. The molecule has 0 N–H and O–H groups in total. The first-order valence-corrected chi connectivity index (χ1v) is 5.26. The van der Waals surface area contributed by atoms with Crippen molar-refractivity contribution < 1.29 is 23.7 Å². The number of methoxy groups -OCH3 is 3. The topological polar surface area (TPSA) is 54.0 Å². The van der Waals surface area contributed by atoms with Gasteiger partial charge >= 0.3 is 0 Å². The number of aldehydes is 1. The highest BCUT2D eigenvalue weighted by Crippen LogP contribution is 2.38. The van der Waals surface area contributed by atoms with Gasteiger partial charge in [0.25, 0.3) is 0 Å². The summed E-state index contributed by atoms with van der Waals surface area (Å²) in [5, 5.41) is 0. The summed E-state index contributed by atoms with van der Waals surface area (Å²) in [6, 6.07) is 3.49. The molecule has 0 saturated heterocycles. The van der Waals surface area contributed by atoms with Gasteiger partial charge in [0.15, 0.2) is 18.3 Å². The number of benzene rings is 1. The monoisotopic (exact) mass is 252 g/mol. The molecule has 0 saturated carbocycles. The van der Waals surface area contributed by atoms with Gasteiger partial charge in [-0.05, 0) is 23.8 Å². The first kappa shape index (κ1) is 14.1. The number of rotatable bonds is 7. The average molecular weight is 252 g/mol. The van der Waals surface area contributed by atoms with Gasteiger partial charge in [0.05, 0.1) is 14.2 Å². The van der Waals surface area contributed by atoms with Gasteiger partial charge in [0, 0.05) is 7.11 Å². The third-order valence-corrected chi connectivity index (χ3v) is 2.17. The molecular weight excluding hydrogens is 236 g/mol. The molecule has 18 heavy (non-hydrogen) atoms. The van der Waals surface area contributed by atoms with E-state index in [0.29, 0.717) is 23.5 Å². The highest BCUT2D eigenvalue weighted by Gasteiger charge is 2.13. The van der Waals surface area contributed by atoms with E-state index in [9.17, 15) is 4.79 Å². The van der Waals surface area contributed by atoms with E-state index >= 15 is 0 Å². The molecule has 0 spiro atoms. The number of carbonyl (C=O) groups excluding carboxylic acids is 1. The molecule has 1 aromatic rings. The largest absolute Gasteiger partial charge is 0.493 e. The fourth-order valence-corrected chi connectivity index (χ4v) is 1.41. The summed E-state index contributed by atoms with van der Waals surface area (Å²) in [5.41, 5.74) is 0.778. The van der Waals surface area contributed by atoms with Crippen LogP contribution < -0.4 is 14.2 Å². The lowest BCUT2D eigenvalue weighted by Gasteiger charge is -2.14. The predicted molar refractivity (Wildman–Crippen MR) is 67.1 cm³/mol. The van der Waals surface area contributed by atoms with Crippen molar-refractivity contribution in [2.75, 3.05) is 28.1 Å². The minimum absolute atomic E-state index is 0.0935. The van der Waals surface area contributed by atoms with Crippen LogP contribution in [0.5, 0.6) is 17.2 Å². The van der Waals surface area contributed by atoms with Crippen molar-refractivity contribution in [3.05, 3.63) is 23.8 Å². The Morgan fingerprint density at radius 1 is 1.11 bits per heavy atom. The first-order chi connectivity index (χ1) is 8.76. The second-order valence-electron chi connectivity index (χ2n) is 3.30. The van der Waals surface area contributed by atoms with Crippen LogP contribution in [0, 0.1) is 0 Å². The second-order valence-corrected chi connectivity index (χ2v) is 3.30. The third kappa shape index (κ3) is 3.49. The van der Waals surface area contributed by atoms with Crippen LogP contribution in [0.4, 0.5) is 0 Å². The lowest BCUT2D eigenvalue weighted by molar-refractivity contribution is -0.104. The van der Waals surface area contributed by atoms with Gasteiger partial charge in [-0.1, -0.05) is 6.08 Å². The molecule has 0 unspecified atom stereocenters. The van der Waals surface area contributed by atoms with Crippen molar-refractivity contribution in [2.24, 2.45) is 0 Å². The molecule has 0 atom stereocenters. The van der Waals surface area contributed by atoms with Crippen molar-refractivity contribution in [2.45, 2.75) is 0 Å². The molecular formula is C13H16O5. The van der Waals surface area contributed by atoms with Gasteiger partial charge in [0.1, 0.15) is 6.29 Å². The maximum absolute atomic E-state index is 10.3. The maximum atomic E-state index is 10.3. The molecule has 0 fully saturated rings. The highest BCUT2D eigenvalue weighted by molar-refractivity contribution is 5.75. The van der Waals surface area contributed by atoms with Crippen molar-refractivity contribution in [3.8, 4) is 17.2 Å². The summed E-state index contributed by atoms with van der Waals surface area (Å²) in [4.78, 5) is 10.3. The van der Waals surface area contributed by atoms with Gasteiger partial charge in [-0.2, -0.15) is 0 Å². The molecule has 0 aliphatic rings. The van der Waals surface area contributed by atoms with E-state index in [1.54, 1.807) is 18.2 Å². The minimum atomic E-state index is 0.0935. The molecule has 0 bridgehead atoms. The van der Waals surface area contributed by atoms with Gasteiger partial charge in [-0.3, -0.25) is 4.79 Å². The molecule has 98 valence electrons. The van der Waals surface area contributed by atoms with Crippen molar-refractivity contribution in [1.82, 2.24) is 0 Å². The molecule has 0 heterocycles. The summed E-state index contributed by atoms with van der Waals surface area (Å²) in [7, 11) is 4.59. The van der Waals surface area contributed by atoms with Crippen LogP contribution in [0.15, 0.2) is 18.2 Å². The molecule has 1 rings (SSSR count). The number of hydrogen-bond donors (Lipinski definition) is 0. The van der Waals surface area contributed by atoms with Crippen molar-refractivity contribution in [3.63, 3.8) is 0 Å². The Bertz CT molecular complexity index is 400. The SMILES string of the molecule is COCOc1c(OC)cc(C=CC=O)cc1OC. The molecule has 0 radical (unpaired) electrons. The van der Waals surface area contributed by atoms with E-state index in [0.717, 1.165) is 5.56 Å². The van der Waals surface area contributed by atoms with Gasteiger partial charge in [-0.15, -0.1) is 0 Å². The van der Waals surface area contributed by atoms with E-state index in [2.05, 4.69) is 0 Å². The van der Waals surface area contributed by atoms with E-state index in [4.69, 9.17) is 18.9 Å². The van der Waals surface area contributed by atoms with E-state index in [1.165, 1.54) is 27.4 Å². The van der Waals surface area contributed by atoms with Crippen LogP contribution >= 0.6 is 0 Å². The van der Waals surface area contributed by atoms with Crippen LogP contribution in [-0.2, 0) is 9.53 Å². The van der Waals surface area contributed by atoms with Crippen LogP contribution in [-0.4, -0.2) is 34.4 Å². The van der Waals surface area contributed by atoms with E-state index < -0.39 is 0 Å². The zero-order chi connectivity index (χ0) is 13.4. The third-order valence-electron chi connectivity index (χ3n) is 2.17. The Kier molecular flexibility index (Phi) is 5.73. The molecule has 5 nitrogen and oxygen atoms in total. The Labute approximate surface area is 106 Å². The number of ether oxygens (including phenoxy) is 4. The van der Waals surface area contributed by atoms with Crippen molar-refractivity contribution in [1.29, 1.82) is 0 Å². The van der Waals surface area contributed by atoms with Gasteiger partial charge in [0.2, 0.25) is 5.75 Å². The molecule has 0 aromatic heterocycles. The van der Waals surface area contributed by atoms with Crippen LogP contribution in [0.3, 0.4) is 0 Å². The fraction of sp³-hybridized carbons (Fsp3) is 0.308. The van der Waals surface area contributed by atoms with Crippen molar-refractivity contribution >= 4 is 12.4 Å². The Morgan fingerprint density at radius 3 is 2.17 bits per heavy atom. The smallest absolute Gasteiger partial charge is 0.206 e. The molecule has 5 heteroatoms. The summed E-state index contributed by atoms with van der Waals surface area (Å²) >= 11 is 0. The summed E-state index contributed by atoms with van der Waals surface area (Å²) < 4.78 is 20.7. The molecule has 1 aromatic carbocycles. The number of hydrogen-bond acceptors (Lipinski definition) is 5. The summed E-state index contributed by atoms with van der Waals surface area (Å²) in [6.07, 6.45) is 3.75. The van der Waals surface area contributed by atoms with Crippen LogP contribution in [0.2, 0.25) is 0 Å². The van der Waals surface area contributed by atoms with E-state index in [-0.39, 0.29) is 6.79 Å². The lowest BCUT2D eigenvalue weighted by atomic mass is 10.1. The molecule has 0 aliphatic heterocycles. The van der Waals surface area contributed by atoms with Gasteiger partial charge < -0.3 is 18.9 Å². The highest BCUT2D eigenvalue weighted by atomic mass is 16.7. The Morgan fingerprint density at radius 2 is 1.72 bits per heavy atom. The quantitative estimate of drug-likeness (QED) is 0.421. The first-order valence-electron chi connectivity index (χ1n) is 5.26. The fourth-order valence-electron chi connectivity index (χ4n) is 1.41. The number of allylic oxidation sites excluding steroid dienone is 1. The zero-order valence-electron chi connectivity index (χ0n) is 10.6. The predicted octanol–water partition coefficient (Wildman–Crippen LogP) is 1.90. The Balaban J connectivity index is 3.15. The average Bonchev–Trinajstić information content (AvgIpc) is 2.42. The Hall–Kier alpha value is -2.01. The minimum Gasteiger partial charge on any atom is -0.493 e. The van der Waals surface area contributed by atoms with Crippen LogP contribution in [0.25, 0.3) is 6.08 Å². The normalized spacial score (nSPS) is 10.4. The molecule has 0 aliphatic carbocycles. The zero-order valence-corrected chi connectivity index (χ0v) is 10.6. The van der Waals surface area contributed by atoms with E-state index in [1.807, 2.05) is 0 Å². The van der Waals surface area contributed by atoms with Gasteiger partial charge in [-0.25, -0.2) is 0 Å². The lowest BCUT2D eigenvalue weighted by Crippen LogP contribution is -2.03. The van der Waals surface area contributed by atoms with Crippen LogP contribution in [0.1, 0.15) is 5.56 Å². The second kappa shape index (κ2) is 7.34. The standard InChI is InChI=1S/C13H16O5/c1-15-9-18-13-11(16-2)7-10(5-4-6-14)8-12(13)17-3/h4-8H,9H2,1-3H3. The molecule has 0 amide bonds. The summed E-state index contributed by atoms with van der Waals surface area (Å²) in [5.74, 6) is 1.49.